The van der Waals surface area contributed by atoms with Crippen LogP contribution < -0.4 is 10.7 Å². The van der Waals surface area contributed by atoms with E-state index in [-0.39, 0.29) is 11.8 Å². The Kier molecular flexibility index (Phi) is 7.13. The van der Waals surface area contributed by atoms with Gasteiger partial charge >= 0.3 is 0 Å². The Hall–Kier alpha value is -2.21. The van der Waals surface area contributed by atoms with Crippen molar-refractivity contribution < 1.29 is 9.59 Å². The van der Waals surface area contributed by atoms with Gasteiger partial charge in [0.25, 0.3) is 0 Å². The highest BCUT2D eigenvalue weighted by molar-refractivity contribution is 5.99. The van der Waals surface area contributed by atoms with E-state index in [1.165, 1.54) is 19.8 Å². The summed E-state index contributed by atoms with van der Waals surface area (Å²) < 4.78 is 0. The number of piperidine rings is 1. The van der Waals surface area contributed by atoms with Crippen molar-refractivity contribution >= 4 is 23.2 Å². The Balaban J connectivity index is 1.77. The van der Waals surface area contributed by atoms with Crippen molar-refractivity contribution in [1.82, 2.24) is 10.3 Å². The number of carbonyl (C=O) groups excluding carboxylic acids is 2. The van der Waals surface area contributed by atoms with E-state index < -0.39 is 0 Å². The quantitative estimate of drug-likeness (QED) is 0.615. The molecule has 25 heavy (non-hydrogen) atoms. The highest BCUT2D eigenvalue weighted by Crippen LogP contribution is 2.15. The van der Waals surface area contributed by atoms with Gasteiger partial charge in [0.2, 0.25) is 11.8 Å². The van der Waals surface area contributed by atoms with Crippen LogP contribution in [0.3, 0.4) is 0 Å². The van der Waals surface area contributed by atoms with E-state index in [0.717, 1.165) is 42.5 Å². The standard InChI is InChI=1S/C19H28N4O2/c1-14-8-11-23(12-9-14)13-10-19(25)22-21-15(2)17-4-6-18(7-5-17)20-16(3)24/h4-7,14H,8-13H2,1-3H3,(H,20,24)(H,22,25)/b21-15+. The number of benzene rings is 1. The molecule has 0 saturated carbocycles. The fraction of sp³-hybridized carbons (Fsp3) is 0.526. The molecule has 0 aromatic heterocycles. The first kappa shape index (κ1) is 19.1. The van der Waals surface area contributed by atoms with Gasteiger partial charge in [0.05, 0.1) is 5.71 Å². The Morgan fingerprint density at radius 1 is 1.16 bits per heavy atom. The molecule has 6 nitrogen and oxygen atoms in total. The number of hydrogen-bond acceptors (Lipinski definition) is 4. The summed E-state index contributed by atoms with van der Waals surface area (Å²) in [7, 11) is 0. The molecule has 0 bridgehead atoms. The second kappa shape index (κ2) is 9.32. The summed E-state index contributed by atoms with van der Waals surface area (Å²) in [5, 5.41) is 6.89. The van der Waals surface area contributed by atoms with Gasteiger partial charge in [-0.25, -0.2) is 5.43 Å². The Bertz CT molecular complexity index is 617. The van der Waals surface area contributed by atoms with E-state index in [1.54, 1.807) is 0 Å². The molecule has 0 aliphatic carbocycles. The van der Waals surface area contributed by atoms with E-state index in [9.17, 15) is 9.59 Å². The van der Waals surface area contributed by atoms with Crippen molar-refractivity contribution in [3.05, 3.63) is 29.8 Å². The van der Waals surface area contributed by atoms with Crippen molar-refractivity contribution in [2.75, 3.05) is 25.0 Å². The van der Waals surface area contributed by atoms with Crippen molar-refractivity contribution in [3.63, 3.8) is 0 Å². The van der Waals surface area contributed by atoms with E-state index in [4.69, 9.17) is 0 Å². The van der Waals surface area contributed by atoms with E-state index in [0.29, 0.717) is 6.42 Å². The maximum atomic E-state index is 12.0. The zero-order valence-electron chi connectivity index (χ0n) is 15.3. The van der Waals surface area contributed by atoms with Gasteiger partial charge in [-0.15, -0.1) is 0 Å². The molecule has 1 saturated heterocycles. The predicted octanol–water partition coefficient (Wildman–Crippen LogP) is 2.61. The van der Waals surface area contributed by atoms with Gasteiger partial charge in [-0.3, -0.25) is 9.59 Å². The number of nitrogens with one attached hydrogen (secondary N) is 2. The van der Waals surface area contributed by atoms with Crippen LogP contribution in [0.1, 0.15) is 45.6 Å². The van der Waals surface area contributed by atoms with Gasteiger partial charge in [0, 0.05) is 25.6 Å². The maximum Gasteiger partial charge on any atom is 0.241 e. The molecular formula is C19H28N4O2. The first-order valence-electron chi connectivity index (χ1n) is 8.87. The van der Waals surface area contributed by atoms with E-state index in [2.05, 4.69) is 27.7 Å². The molecule has 2 amide bonds. The number of hydrazone groups is 1. The lowest BCUT2D eigenvalue weighted by molar-refractivity contribution is -0.121. The third-order valence-corrected chi connectivity index (χ3v) is 4.50. The number of hydrogen-bond donors (Lipinski definition) is 2. The molecule has 0 atom stereocenters. The lowest BCUT2D eigenvalue weighted by atomic mass is 9.99. The van der Waals surface area contributed by atoms with Crippen LogP contribution in [0.15, 0.2) is 29.4 Å². The van der Waals surface area contributed by atoms with Crippen molar-refractivity contribution in [2.45, 2.75) is 40.0 Å². The Morgan fingerprint density at radius 2 is 1.80 bits per heavy atom. The maximum absolute atomic E-state index is 12.0. The molecule has 1 aromatic carbocycles. The monoisotopic (exact) mass is 344 g/mol. The molecule has 0 unspecified atom stereocenters. The Morgan fingerprint density at radius 3 is 2.40 bits per heavy atom. The summed E-state index contributed by atoms with van der Waals surface area (Å²) in [5.41, 5.74) is 5.00. The molecule has 1 aromatic rings. The van der Waals surface area contributed by atoms with Gasteiger partial charge in [-0.05, 0) is 56.5 Å². The number of anilines is 1. The van der Waals surface area contributed by atoms with Crippen LogP contribution >= 0.6 is 0 Å². The number of nitrogens with zero attached hydrogens (tertiary/aromatic N) is 2. The van der Waals surface area contributed by atoms with E-state index in [1.807, 2.05) is 31.2 Å². The minimum atomic E-state index is -0.103. The van der Waals surface area contributed by atoms with Crippen LogP contribution in [-0.4, -0.2) is 42.1 Å². The molecule has 2 rings (SSSR count). The molecule has 0 radical (unpaired) electrons. The van der Waals surface area contributed by atoms with Gasteiger partial charge in [0.1, 0.15) is 0 Å². The highest BCUT2D eigenvalue weighted by atomic mass is 16.2. The Labute approximate surface area is 149 Å². The minimum absolute atomic E-state index is 0.0622. The molecule has 6 heteroatoms. The lowest BCUT2D eigenvalue weighted by Gasteiger charge is -2.29. The SMILES string of the molecule is CC(=O)Nc1ccc(/C(C)=N/NC(=O)CCN2CCC(C)CC2)cc1. The van der Waals surface area contributed by atoms with Crippen molar-refractivity contribution in [2.24, 2.45) is 11.0 Å². The first-order chi connectivity index (χ1) is 11.9. The fourth-order valence-electron chi connectivity index (χ4n) is 2.81. The topological polar surface area (TPSA) is 73.8 Å². The first-order valence-corrected chi connectivity index (χ1v) is 8.87. The zero-order chi connectivity index (χ0) is 18.2. The van der Waals surface area contributed by atoms with Crippen LogP contribution in [0.25, 0.3) is 0 Å². The third kappa shape index (κ3) is 6.66. The molecule has 2 N–H and O–H groups in total. The average Bonchev–Trinajstić information content (AvgIpc) is 2.59. The molecule has 1 aliphatic heterocycles. The second-order valence-electron chi connectivity index (χ2n) is 6.76. The third-order valence-electron chi connectivity index (χ3n) is 4.50. The number of likely N-dealkylation sites (tertiary alicyclic amines) is 1. The predicted molar refractivity (Wildman–Crippen MR) is 101 cm³/mol. The summed E-state index contributed by atoms with van der Waals surface area (Å²) in [5.74, 6) is 0.635. The number of rotatable bonds is 6. The zero-order valence-corrected chi connectivity index (χ0v) is 15.3. The molecule has 1 fully saturated rings. The highest BCUT2D eigenvalue weighted by Gasteiger charge is 2.16. The van der Waals surface area contributed by atoms with Crippen LogP contribution in [-0.2, 0) is 9.59 Å². The van der Waals surface area contributed by atoms with Crippen molar-refractivity contribution in [3.8, 4) is 0 Å². The fourth-order valence-corrected chi connectivity index (χ4v) is 2.81. The molecule has 136 valence electrons. The van der Waals surface area contributed by atoms with Crippen LogP contribution in [0.4, 0.5) is 5.69 Å². The van der Waals surface area contributed by atoms with Crippen LogP contribution in [0.2, 0.25) is 0 Å². The normalized spacial score (nSPS) is 16.5. The minimum Gasteiger partial charge on any atom is -0.326 e. The summed E-state index contributed by atoms with van der Waals surface area (Å²) in [6.45, 7) is 8.55. The second-order valence-corrected chi connectivity index (χ2v) is 6.76. The summed E-state index contributed by atoms with van der Waals surface area (Å²) in [6, 6.07) is 7.36. The molecule has 1 heterocycles. The van der Waals surface area contributed by atoms with Gasteiger partial charge in [0.15, 0.2) is 0 Å². The lowest BCUT2D eigenvalue weighted by Crippen LogP contribution is -2.35. The summed E-state index contributed by atoms with van der Waals surface area (Å²) in [6.07, 6.45) is 2.90. The number of carbonyl (C=O) groups is 2. The van der Waals surface area contributed by atoms with Gasteiger partial charge < -0.3 is 10.2 Å². The summed E-state index contributed by atoms with van der Waals surface area (Å²) >= 11 is 0. The van der Waals surface area contributed by atoms with Gasteiger partial charge in [-0.1, -0.05) is 19.1 Å². The molecular weight excluding hydrogens is 316 g/mol. The molecule has 1 aliphatic rings. The van der Waals surface area contributed by atoms with Gasteiger partial charge in [-0.2, -0.15) is 5.10 Å². The number of amides is 2. The van der Waals surface area contributed by atoms with E-state index >= 15 is 0 Å². The molecule has 0 spiro atoms. The largest absolute Gasteiger partial charge is 0.326 e. The van der Waals surface area contributed by atoms with Crippen molar-refractivity contribution in [1.29, 1.82) is 0 Å². The van der Waals surface area contributed by atoms with Crippen LogP contribution in [0, 0.1) is 5.92 Å². The summed E-state index contributed by atoms with van der Waals surface area (Å²) in [4.78, 5) is 25.3. The van der Waals surface area contributed by atoms with Crippen LogP contribution in [0.5, 0.6) is 0 Å². The average molecular weight is 344 g/mol. The smallest absolute Gasteiger partial charge is 0.241 e.